The van der Waals surface area contributed by atoms with Crippen LogP contribution in [-0.4, -0.2) is 52.7 Å². The van der Waals surface area contributed by atoms with Crippen molar-refractivity contribution in [3.63, 3.8) is 0 Å². The lowest BCUT2D eigenvalue weighted by Gasteiger charge is -2.47. The zero-order valence-corrected chi connectivity index (χ0v) is 22.1. The molecule has 1 N–H and O–H groups in total. The maximum atomic E-state index is 14.3. The number of methoxy groups -OCH3 is 1. The largest absolute Gasteiger partial charge is 0.492 e. The second-order valence-corrected chi connectivity index (χ2v) is 9.39. The summed E-state index contributed by atoms with van der Waals surface area (Å²) in [5.74, 6) is -0.264. The third-order valence-electron chi connectivity index (χ3n) is 6.87. The summed E-state index contributed by atoms with van der Waals surface area (Å²) in [6, 6.07) is 6.37. The van der Waals surface area contributed by atoms with Gasteiger partial charge in [0, 0.05) is 39.1 Å². The molecular formula is C26H28F3N7O3. The molecule has 3 aromatic rings. The summed E-state index contributed by atoms with van der Waals surface area (Å²) in [7, 11) is 2.82. The number of nitrogens with one attached hydrogen (secondary N) is 1. The number of alkyl halides is 3. The second-order valence-electron chi connectivity index (χ2n) is 9.39. The first-order valence-corrected chi connectivity index (χ1v) is 12.3. The lowest BCUT2D eigenvalue weighted by Crippen LogP contribution is -2.58. The van der Waals surface area contributed by atoms with Gasteiger partial charge >= 0.3 is 11.9 Å². The van der Waals surface area contributed by atoms with Gasteiger partial charge in [0.05, 0.1) is 29.6 Å². The highest BCUT2D eigenvalue weighted by molar-refractivity contribution is 5.93. The molecule has 0 radical (unpaired) electrons. The summed E-state index contributed by atoms with van der Waals surface area (Å²) >= 11 is 0. The molecule has 206 valence electrons. The van der Waals surface area contributed by atoms with Crippen LogP contribution < -0.4 is 25.5 Å². The molecule has 2 aromatic heterocycles. The Morgan fingerprint density at radius 2 is 1.92 bits per heavy atom. The molecule has 0 unspecified atom stereocenters. The Hall–Kier alpha value is -4.34. The number of amides is 1. The van der Waals surface area contributed by atoms with Crippen molar-refractivity contribution in [1.82, 2.24) is 14.5 Å². The Labute approximate surface area is 222 Å². The number of nitriles is 1. The summed E-state index contributed by atoms with van der Waals surface area (Å²) in [6.45, 7) is 5.27. The van der Waals surface area contributed by atoms with E-state index in [-0.39, 0.29) is 41.7 Å². The van der Waals surface area contributed by atoms with Crippen LogP contribution in [0.5, 0.6) is 5.75 Å². The van der Waals surface area contributed by atoms with Crippen molar-refractivity contribution < 1.29 is 22.7 Å². The summed E-state index contributed by atoms with van der Waals surface area (Å²) in [4.78, 5) is 36.6. The molecule has 0 aliphatic carbocycles. The number of pyridine rings is 1. The van der Waals surface area contributed by atoms with Crippen LogP contribution in [-0.2, 0) is 18.0 Å². The number of fused-ring (bicyclic) bond motifs is 1. The van der Waals surface area contributed by atoms with E-state index >= 15 is 0 Å². The van der Waals surface area contributed by atoms with Crippen LogP contribution in [0.2, 0.25) is 0 Å². The van der Waals surface area contributed by atoms with Gasteiger partial charge in [-0.3, -0.25) is 9.36 Å². The number of hydrogen-bond donors (Lipinski definition) is 1. The fraction of sp³-hybridized carbons (Fsp3) is 0.423. The minimum absolute atomic E-state index is 0.0865. The van der Waals surface area contributed by atoms with Gasteiger partial charge in [0.1, 0.15) is 17.3 Å². The number of anilines is 3. The number of hydrogen-bond acceptors (Lipinski definition) is 8. The van der Waals surface area contributed by atoms with E-state index in [1.54, 1.807) is 18.0 Å². The minimum Gasteiger partial charge on any atom is -0.492 e. The van der Waals surface area contributed by atoms with E-state index in [0.29, 0.717) is 17.5 Å². The van der Waals surface area contributed by atoms with E-state index in [1.807, 2.05) is 24.8 Å². The van der Waals surface area contributed by atoms with Gasteiger partial charge in [-0.15, -0.1) is 0 Å². The average Bonchev–Trinajstić information content (AvgIpc) is 2.89. The third-order valence-corrected chi connectivity index (χ3v) is 6.87. The number of nitrogens with zero attached hydrogens (tertiary/aromatic N) is 6. The predicted octanol–water partition coefficient (Wildman–Crippen LogP) is 3.68. The van der Waals surface area contributed by atoms with Crippen molar-refractivity contribution in [1.29, 1.82) is 5.26 Å². The molecule has 0 bridgehead atoms. The Morgan fingerprint density at radius 3 is 2.51 bits per heavy atom. The number of benzene rings is 1. The molecule has 1 saturated heterocycles. The number of carbonyl (C=O) groups is 1. The predicted molar refractivity (Wildman–Crippen MR) is 140 cm³/mol. The van der Waals surface area contributed by atoms with Gasteiger partial charge in [0.25, 0.3) is 0 Å². The second kappa shape index (κ2) is 10.4. The number of aryl methyl sites for hydroxylation is 1. The van der Waals surface area contributed by atoms with Gasteiger partial charge < -0.3 is 19.9 Å². The summed E-state index contributed by atoms with van der Waals surface area (Å²) in [5, 5.41) is 11.9. The average molecular weight is 544 g/mol. The molecule has 13 heteroatoms. The van der Waals surface area contributed by atoms with Gasteiger partial charge in [-0.2, -0.15) is 23.4 Å². The summed E-state index contributed by atoms with van der Waals surface area (Å²) < 4.78 is 49.5. The Bertz CT molecular complexity index is 1530. The first-order valence-electron chi connectivity index (χ1n) is 12.3. The van der Waals surface area contributed by atoms with Crippen molar-refractivity contribution in [2.75, 3.05) is 35.3 Å². The highest BCUT2D eigenvalue weighted by Crippen LogP contribution is 2.47. The Kier molecular flexibility index (Phi) is 7.41. The molecule has 1 aliphatic rings. The molecule has 3 heterocycles. The molecule has 4 rings (SSSR count). The molecule has 10 nitrogen and oxygen atoms in total. The molecule has 39 heavy (non-hydrogen) atoms. The maximum Gasteiger partial charge on any atom is 0.418 e. The van der Waals surface area contributed by atoms with Gasteiger partial charge in [0.15, 0.2) is 11.6 Å². The van der Waals surface area contributed by atoms with Gasteiger partial charge in [-0.25, -0.2) is 9.78 Å². The number of piperazine rings is 1. The van der Waals surface area contributed by atoms with E-state index in [1.165, 1.54) is 30.7 Å². The molecular weight excluding hydrogens is 515 g/mol. The fourth-order valence-electron chi connectivity index (χ4n) is 5.01. The van der Waals surface area contributed by atoms with E-state index < -0.39 is 35.4 Å². The van der Waals surface area contributed by atoms with E-state index in [2.05, 4.69) is 15.3 Å². The van der Waals surface area contributed by atoms with Crippen LogP contribution in [0.15, 0.2) is 29.1 Å². The van der Waals surface area contributed by atoms with E-state index in [0.717, 1.165) is 6.07 Å². The fourth-order valence-corrected chi connectivity index (χ4v) is 5.01. The van der Waals surface area contributed by atoms with Crippen molar-refractivity contribution in [3.05, 3.63) is 46.0 Å². The van der Waals surface area contributed by atoms with Crippen molar-refractivity contribution in [3.8, 4) is 11.8 Å². The van der Waals surface area contributed by atoms with Crippen molar-refractivity contribution in [2.45, 2.75) is 45.5 Å². The topological polar surface area (TPSA) is 116 Å². The SMILES string of the molecule is CC[C@@H]1CN(c2nc(=O)n(C)c3ccc(C#N)nc23)[C@@H](C)CN1c1c(C(F)(F)F)ccc(NC(C)=O)c1OC. The molecule has 1 aromatic carbocycles. The highest BCUT2D eigenvalue weighted by atomic mass is 19.4. The lowest BCUT2D eigenvalue weighted by molar-refractivity contribution is -0.137. The van der Waals surface area contributed by atoms with E-state index in [9.17, 15) is 28.0 Å². The molecule has 2 atom stereocenters. The number of carbonyl (C=O) groups excluding carboxylic acids is 1. The normalized spacial score (nSPS) is 17.7. The standard InChI is InChI=1S/C26H28F3N7O3/c1-6-17-13-35(24-21-20(34(4)25(38)33-24)10-7-16(11-30)32-21)14(2)12-36(17)22-18(26(27,28)29)8-9-19(23(22)39-5)31-15(3)37/h7-10,14,17H,6,12-13H2,1-5H3,(H,31,37)/t14-,17+/m0/s1. The number of ether oxygens (including phenoxy) is 1. The molecule has 1 aliphatic heterocycles. The maximum absolute atomic E-state index is 14.3. The van der Waals surface area contributed by atoms with E-state index in [4.69, 9.17) is 4.74 Å². The van der Waals surface area contributed by atoms with Crippen LogP contribution >= 0.6 is 0 Å². The molecule has 0 saturated carbocycles. The summed E-state index contributed by atoms with van der Waals surface area (Å²) in [6.07, 6.45) is -4.23. The quantitative estimate of drug-likeness (QED) is 0.518. The Balaban J connectivity index is 1.86. The van der Waals surface area contributed by atoms with Crippen LogP contribution in [0.3, 0.4) is 0 Å². The van der Waals surface area contributed by atoms with Crippen LogP contribution in [0.1, 0.15) is 38.4 Å². The Morgan fingerprint density at radius 1 is 1.21 bits per heavy atom. The monoisotopic (exact) mass is 543 g/mol. The molecule has 1 amide bonds. The lowest BCUT2D eigenvalue weighted by atomic mass is 10.00. The first-order chi connectivity index (χ1) is 18.4. The van der Waals surface area contributed by atoms with Crippen LogP contribution in [0.4, 0.5) is 30.4 Å². The number of aromatic nitrogens is 3. The van der Waals surface area contributed by atoms with Crippen molar-refractivity contribution in [2.24, 2.45) is 7.05 Å². The van der Waals surface area contributed by atoms with Crippen molar-refractivity contribution >= 4 is 34.1 Å². The van der Waals surface area contributed by atoms with Crippen LogP contribution in [0, 0.1) is 11.3 Å². The number of halogens is 3. The summed E-state index contributed by atoms with van der Waals surface area (Å²) in [5.41, 5.74) is -0.451. The molecule has 1 fully saturated rings. The highest BCUT2D eigenvalue weighted by Gasteiger charge is 2.42. The minimum atomic E-state index is -4.68. The third kappa shape index (κ3) is 5.06. The number of rotatable bonds is 5. The molecule has 0 spiro atoms. The zero-order chi connectivity index (χ0) is 28.6. The smallest absolute Gasteiger partial charge is 0.418 e. The van der Waals surface area contributed by atoms with Gasteiger partial charge in [-0.1, -0.05) is 6.92 Å². The first kappa shape index (κ1) is 27.7. The van der Waals surface area contributed by atoms with Gasteiger partial charge in [-0.05, 0) is 37.6 Å². The zero-order valence-electron chi connectivity index (χ0n) is 22.1. The van der Waals surface area contributed by atoms with Crippen LogP contribution in [0.25, 0.3) is 11.0 Å². The van der Waals surface area contributed by atoms with Gasteiger partial charge in [0.2, 0.25) is 5.91 Å².